The predicted octanol–water partition coefficient (Wildman–Crippen LogP) is 2.40. The van der Waals surface area contributed by atoms with E-state index in [4.69, 9.17) is 0 Å². The normalized spacial score (nSPS) is 36.7. The quantitative estimate of drug-likeness (QED) is 0.544. The summed E-state index contributed by atoms with van der Waals surface area (Å²) in [4.78, 5) is 0. The van der Waals surface area contributed by atoms with Crippen LogP contribution in [0.3, 0.4) is 0 Å². The van der Waals surface area contributed by atoms with E-state index in [9.17, 15) is 0 Å². The molecular weight excluding hydrogens is 148 g/mol. The predicted molar refractivity (Wildman–Crippen MR) is 48.6 cm³/mol. The van der Waals surface area contributed by atoms with Crippen molar-refractivity contribution < 1.29 is 0 Å². The van der Waals surface area contributed by atoms with Crippen molar-refractivity contribution in [3.05, 3.63) is 0 Å². The summed E-state index contributed by atoms with van der Waals surface area (Å²) in [7, 11) is 0. The molecule has 0 heterocycles. The van der Waals surface area contributed by atoms with Gasteiger partial charge < -0.3 is 0 Å². The molecule has 0 N–H and O–H groups in total. The zero-order valence-corrected chi connectivity index (χ0v) is 7.37. The Morgan fingerprint density at radius 1 is 1.22 bits per heavy atom. The second-order valence-corrected chi connectivity index (χ2v) is 3.82. The second-order valence-electron chi connectivity index (χ2n) is 2.79. The maximum atomic E-state index is 4.49. The lowest BCUT2D eigenvalue weighted by atomic mass is 9.90. The highest BCUT2D eigenvalue weighted by molar-refractivity contribution is 7.81. The Kier molecular flexibility index (Phi) is 3.27. The van der Waals surface area contributed by atoms with E-state index in [1.54, 1.807) is 0 Å². The lowest BCUT2D eigenvalue weighted by molar-refractivity contribution is 0.406. The maximum Gasteiger partial charge on any atom is 0.00528 e. The first kappa shape index (κ1) is 7.80. The molecule has 2 heteroatoms. The molecule has 1 aliphatic carbocycles. The number of thiol groups is 2. The van der Waals surface area contributed by atoms with Gasteiger partial charge in [-0.15, -0.1) is 0 Å². The molecule has 0 amide bonds. The van der Waals surface area contributed by atoms with E-state index in [2.05, 4.69) is 25.3 Å². The van der Waals surface area contributed by atoms with Gasteiger partial charge in [0.25, 0.3) is 0 Å². The number of hydrogen-bond donors (Lipinski definition) is 2. The van der Waals surface area contributed by atoms with Crippen LogP contribution in [0.2, 0.25) is 0 Å². The van der Waals surface area contributed by atoms with Crippen LogP contribution in [0.1, 0.15) is 25.7 Å². The monoisotopic (exact) mass is 162 g/mol. The lowest BCUT2D eigenvalue weighted by Gasteiger charge is -2.26. The standard InChI is InChI=1S/C7H14S2/c8-5-6-3-1-2-4-7(6)9/h6-9H,1-5H2/t6-,7-/m0/s1. The molecule has 0 unspecified atom stereocenters. The van der Waals surface area contributed by atoms with E-state index in [1.165, 1.54) is 25.7 Å². The van der Waals surface area contributed by atoms with Crippen LogP contribution in [0.25, 0.3) is 0 Å². The summed E-state index contributed by atoms with van der Waals surface area (Å²) in [5, 5.41) is 0.635. The molecule has 1 rings (SSSR count). The fourth-order valence-electron chi connectivity index (χ4n) is 1.40. The molecule has 0 spiro atoms. The van der Waals surface area contributed by atoms with Gasteiger partial charge in [-0.3, -0.25) is 0 Å². The average molecular weight is 162 g/mol. The van der Waals surface area contributed by atoms with Crippen molar-refractivity contribution in [1.29, 1.82) is 0 Å². The van der Waals surface area contributed by atoms with E-state index in [0.717, 1.165) is 11.7 Å². The molecule has 0 aromatic rings. The van der Waals surface area contributed by atoms with Crippen molar-refractivity contribution in [3.63, 3.8) is 0 Å². The van der Waals surface area contributed by atoms with E-state index < -0.39 is 0 Å². The zero-order chi connectivity index (χ0) is 6.69. The fourth-order valence-corrected chi connectivity index (χ4v) is 2.44. The zero-order valence-electron chi connectivity index (χ0n) is 5.58. The van der Waals surface area contributed by atoms with Crippen LogP contribution in [0.4, 0.5) is 0 Å². The molecule has 1 fully saturated rings. The third-order valence-electron chi connectivity index (χ3n) is 2.10. The minimum absolute atomic E-state index is 0.635. The Morgan fingerprint density at radius 3 is 2.33 bits per heavy atom. The maximum absolute atomic E-state index is 4.49. The smallest absolute Gasteiger partial charge is 0.00528 e. The van der Waals surface area contributed by atoms with Crippen LogP contribution in [-0.4, -0.2) is 11.0 Å². The number of rotatable bonds is 1. The SMILES string of the molecule is SC[C@@H]1CCCC[C@@H]1S. The summed E-state index contributed by atoms with van der Waals surface area (Å²) in [6, 6.07) is 0. The van der Waals surface area contributed by atoms with Gasteiger partial charge in [0.05, 0.1) is 0 Å². The summed E-state index contributed by atoms with van der Waals surface area (Å²) in [5.74, 6) is 1.80. The van der Waals surface area contributed by atoms with Crippen molar-refractivity contribution >= 4 is 25.3 Å². The number of hydrogen-bond acceptors (Lipinski definition) is 2. The van der Waals surface area contributed by atoms with Crippen LogP contribution in [0.5, 0.6) is 0 Å². The Hall–Kier alpha value is 0.700. The van der Waals surface area contributed by atoms with Gasteiger partial charge >= 0.3 is 0 Å². The van der Waals surface area contributed by atoms with Crippen LogP contribution in [0, 0.1) is 5.92 Å². The van der Waals surface area contributed by atoms with Crippen molar-refractivity contribution in [1.82, 2.24) is 0 Å². The Morgan fingerprint density at radius 2 is 1.89 bits per heavy atom. The molecule has 0 aromatic heterocycles. The van der Waals surface area contributed by atoms with Gasteiger partial charge in [0.2, 0.25) is 0 Å². The van der Waals surface area contributed by atoms with Gasteiger partial charge in [-0.1, -0.05) is 12.8 Å². The van der Waals surface area contributed by atoms with Crippen LogP contribution < -0.4 is 0 Å². The van der Waals surface area contributed by atoms with Gasteiger partial charge in [0.1, 0.15) is 0 Å². The molecule has 0 saturated heterocycles. The summed E-state index contributed by atoms with van der Waals surface area (Å²) >= 11 is 8.76. The van der Waals surface area contributed by atoms with Crippen molar-refractivity contribution in [2.24, 2.45) is 5.92 Å². The van der Waals surface area contributed by atoms with Crippen LogP contribution in [-0.2, 0) is 0 Å². The molecule has 1 aliphatic rings. The van der Waals surface area contributed by atoms with Gasteiger partial charge in [-0.05, 0) is 24.5 Å². The Labute approximate surface area is 68.2 Å². The first-order valence-electron chi connectivity index (χ1n) is 3.63. The van der Waals surface area contributed by atoms with Crippen molar-refractivity contribution in [2.75, 3.05) is 5.75 Å². The topological polar surface area (TPSA) is 0 Å². The molecular formula is C7H14S2. The van der Waals surface area contributed by atoms with Crippen LogP contribution in [0.15, 0.2) is 0 Å². The van der Waals surface area contributed by atoms with E-state index in [-0.39, 0.29) is 0 Å². The lowest BCUT2D eigenvalue weighted by Crippen LogP contribution is -2.20. The highest BCUT2D eigenvalue weighted by Crippen LogP contribution is 2.28. The highest BCUT2D eigenvalue weighted by Gasteiger charge is 2.19. The summed E-state index contributed by atoms with van der Waals surface area (Å²) in [6.07, 6.45) is 5.41. The molecule has 0 aliphatic heterocycles. The largest absolute Gasteiger partial charge is 0.179 e. The van der Waals surface area contributed by atoms with E-state index >= 15 is 0 Å². The molecule has 54 valence electrons. The molecule has 0 aromatic carbocycles. The molecule has 0 bridgehead atoms. The van der Waals surface area contributed by atoms with E-state index in [1.807, 2.05) is 0 Å². The Bertz CT molecular complexity index is 83.0. The van der Waals surface area contributed by atoms with Gasteiger partial charge in [0, 0.05) is 5.25 Å². The summed E-state index contributed by atoms with van der Waals surface area (Å²) < 4.78 is 0. The molecule has 1 saturated carbocycles. The molecule has 2 atom stereocenters. The van der Waals surface area contributed by atoms with Gasteiger partial charge in [-0.25, -0.2) is 0 Å². The van der Waals surface area contributed by atoms with Gasteiger partial charge in [0.15, 0.2) is 0 Å². The van der Waals surface area contributed by atoms with Crippen LogP contribution >= 0.6 is 25.3 Å². The minimum atomic E-state index is 0.635. The third-order valence-corrected chi connectivity index (χ3v) is 3.25. The molecule has 9 heavy (non-hydrogen) atoms. The first-order chi connectivity index (χ1) is 4.34. The van der Waals surface area contributed by atoms with Gasteiger partial charge in [-0.2, -0.15) is 25.3 Å². The highest BCUT2D eigenvalue weighted by atomic mass is 32.1. The fraction of sp³-hybridized carbons (Fsp3) is 1.00. The average Bonchev–Trinajstić information content (AvgIpc) is 1.89. The Balaban J connectivity index is 2.30. The second kappa shape index (κ2) is 3.77. The minimum Gasteiger partial charge on any atom is -0.179 e. The molecule has 0 radical (unpaired) electrons. The summed E-state index contributed by atoms with van der Waals surface area (Å²) in [6.45, 7) is 0. The summed E-state index contributed by atoms with van der Waals surface area (Å²) in [5.41, 5.74) is 0. The van der Waals surface area contributed by atoms with E-state index in [0.29, 0.717) is 5.25 Å². The van der Waals surface area contributed by atoms with Crippen molar-refractivity contribution in [3.8, 4) is 0 Å². The third kappa shape index (κ3) is 2.08. The molecule has 0 nitrogen and oxygen atoms in total. The first-order valence-corrected chi connectivity index (χ1v) is 4.78. The van der Waals surface area contributed by atoms with Crippen molar-refractivity contribution in [2.45, 2.75) is 30.9 Å².